The van der Waals surface area contributed by atoms with E-state index in [0.717, 1.165) is 4.47 Å². The van der Waals surface area contributed by atoms with Crippen molar-refractivity contribution in [2.24, 2.45) is 5.10 Å². The third-order valence-electron chi connectivity index (χ3n) is 2.66. The molecule has 0 aliphatic heterocycles. The molecular weight excluding hydrogens is 336 g/mol. The molecule has 0 radical (unpaired) electrons. The van der Waals surface area contributed by atoms with Crippen LogP contribution >= 0.6 is 15.9 Å². The Morgan fingerprint density at radius 2 is 2.14 bits per heavy atom. The summed E-state index contributed by atoms with van der Waals surface area (Å²) in [6, 6.07) is 11.7. The second-order valence-electron chi connectivity index (χ2n) is 4.14. The molecule has 0 aliphatic rings. The number of hydrazone groups is 1. The van der Waals surface area contributed by atoms with Crippen LogP contribution in [0, 0.1) is 0 Å². The molecule has 6 heteroatoms. The fourth-order valence-corrected chi connectivity index (χ4v) is 2.05. The highest BCUT2D eigenvalue weighted by molar-refractivity contribution is 9.10. The van der Waals surface area contributed by atoms with E-state index in [1.807, 2.05) is 0 Å². The SMILES string of the molecule is COc1ccc(Br)cc1C(=O)N/N=C\c1cccc(O)c1. The molecular formula is C15H13BrN2O3. The lowest BCUT2D eigenvalue weighted by Crippen LogP contribution is -2.18. The van der Waals surface area contributed by atoms with E-state index in [2.05, 4.69) is 26.5 Å². The van der Waals surface area contributed by atoms with Crippen molar-refractivity contribution in [1.29, 1.82) is 0 Å². The number of methoxy groups -OCH3 is 1. The predicted octanol–water partition coefficient (Wildman–Crippen LogP) is 2.93. The van der Waals surface area contributed by atoms with Crippen LogP contribution in [-0.4, -0.2) is 24.3 Å². The third kappa shape index (κ3) is 4.06. The number of nitrogens with zero attached hydrogens (tertiary/aromatic N) is 1. The number of hydrogen-bond acceptors (Lipinski definition) is 4. The average Bonchev–Trinajstić information content (AvgIpc) is 2.47. The molecule has 2 aromatic carbocycles. The highest BCUT2D eigenvalue weighted by atomic mass is 79.9. The topological polar surface area (TPSA) is 70.9 Å². The molecule has 0 spiro atoms. The summed E-state index contributed by atoms with van der Waals surface area (Å²) in [7, 11) is 1.50. The second kappa shape index (κ2) is 6.90. The number of amides is 1. The number of halogens is 1. The Kier molecular flexibility index (Phi) is 4.94. The fraction of sp³-hybridized carbons (Fsp3) is 0.0667. The van der Waals surface area contributed by atoms with Crippen LogP contribution in [0.2, 0.25) is 0 Å². The Bertz CT molecular complexity index is 686. The van der Waals surface area contributed by atoms with E-state index in [1.54, 1.807) is 36.4 Å². The minimum atomic E-state index is -0.385. The maximum atomic E-state index is 12.1. The molecule has 2 rings (SSSR count). The molecule has 0 unspecified atom stereocenters. The first-order valence-electron chi connectivity index (χ1n) is 6.06. The Morgan fingerprint density at radius 3 is 2.86 bits per heavy atom. The highest BCUT2D eigenvalue weighted by Crippen LogP contribution is 2.22. The smallest absolute Gasteiger partial charge is 0.275 e. The number of rotatable bonds is 4. The Morgan fingerprint density at radius 1 is 1.33 bits per heavy atom. The first-order valence-corrected chi connectivity index (χ1v) is 6.85. The standard InChI is InChI=1S/C15H13BrN2O3/c1-21-14-6-5-11(16)8-13(14)15(20)18-17-9-10-3-2-4-12(19)7-10/h2-9,19H,1H3,(H,18,20)/b17-9-. The van der Waals surface area contributed by atoms with Gasteiger partial charge < -0.3 is 9.84 Å². The average molecular weight is 349 g/mol. The Labute approximate surface area is 130 Å². The van der Waals surface area contributed by atoms with Gasteiger partial charge in [0.15, 0.2) is 0 Å². The van der Waals surface area contributed by atoms with Crippen LogP contribution in [0.3, 0.4) is 0 Å². The van der Waals surface area contributed by atoms with Crippen molar-refractivity contribution in [2.75, 3.05) is 7.11 Å². The number of phenols is 1. The van der Waals surface area contributed by atoms with E-state index in [4.69, 9.17) is 4.74 Å². The first-order chi connectivity index (χ1) is 10.1. The molecule has 0 atom stereocenters. The Hall–Kier alpha value is -2.34. The van der Waals surface area contributed by atoms with Crippen LogP contribution in [0.4, 0.5) is 0 Å². The minimum absolute atomic E-state index is 0.138. The van der Waals surface area contributed by atoms with E-state index in [-0.39, 0.29) is 11.7 Å². The zero-order chi connectivity index (χ0) is 15.2. The summed E-state index contributed by atoms with van der Waals surface area (Å²) in [5, 5.41) is 13.2. The normalized spacial score (nSPS) is 10.6. The van der Waals surface area contributed by atoms with Crippen LogP contribution < -0.4 is 10.2 Å². The molecule has 0 bridgehead atoms. The lowest BCUT2D eigenvalue weighted by molar-refractivity contribution is 0.0952. The van der Waals surface area contributed by atoms with E-state index in [9.17, 15) is 9.90 Å². The van der Waals surface area contributed by atoms with Crippen LogP contribution in [0.25, 0.3) is 0 Å². The summed E-state index contributed by atoms with van der Waals surface area (Å²) in [6.07, 6.45) is 1.45. The van der Waals surface area contributed by atoms with Gasteiger partial charge >= 0.3 is 0 Å². The molecule has 108 valence electrons. The number of phenolic OH excluding ortho intramolecular Hbond substituents is 1. The zero-order valence-corrected chi connectivity index (χ0v) is 12.8. The van der Waals surface area contributed by atoms with Crippen molar-refractivity contribution in [3.8, 4) is 11.5 Å². The molecule has 0 aromatic heterocycles. The van der Waals surface area contributed by atoms with Gasteiger partial charge in [-0.25, -0.2) is 5.43 Å². The van der Waals surface area contributed by atoms with Gasteiger partial charge in [0.25, 0.3) is 5.91 Å². The van der Waals surface area contributed by atoms with Gasteiger partial charge in [0, 0.05) is 4.47 Å². The third-order valence-corrected chi connectivity index (χ3v) is 3.15. The van der Waals surface area contributed by atoms with Gasteiger partial charge in [0.2, 0.25) is 0 Å². The molecule has 5 nitrogen and oxygen atoms in total. The molecule has 0 saturated carbocycles. The number of nitrogens with one attached hydrogen (secondary N) is 1. The van der Waals surface area contributed by atoms with Gasteiger partial charge in [-0.1, -0.05) is 28.1 Å². The van der Waals surface area contributed by atoms with Crippen molar-refractivity contribution < 1.29 is 14.6 Å². The molecule has 21 heavy (non-hydrogen) atoms. The number of carbonyl (C=O) groups excluding carboxylic acids is 1. The van der Waals surface area contributed by atoms with Crippen LogP contribution in [0.15, 0.2) is 52.0 Å². The maximum absolute atomic E-state index is 12.1. The minimum Gasteiger partial charge on any atom is -0.508 e. The molecule has 0 fully saturated rings. The predicted molar refractivity (Wildman–Crippen MR) is 83.9 cm³/mol. The van der Waals surface area contributed by atoms with Crippen LogP contribution in [0.5, 0.6) is 11.5 Å². The van der Waals surface area contributed by atoms with Gasteiger partial charge in [-0.05, 0) is 35.9 Å². The van der Waals surface area contributed by atoms with Crippen molar-refractivity contribution in [2.45, 2.75) is 0 Å². The van der Waals surface area contributed by atoms with Crippen molar-refractivity contribution in [1.82, 2.24) is 5.43 Å². The summed E-state index contributed by atoms with van der Waals surface area (Å²) in [5.74, 6) is 0.215. The number of hydrogen-bond donors (Lipinski definition) is 2. The van der Waals surface area contributed by atoms with Crippen molar-refractivity contribution in [3.63, 3.8) is 0 Å². The van der Waals surface area contributed by atoms with Gasteiger partial charge in [-0.2, -0.15) is 5.10 Å². The number of aromatic hydroxyl groups is 1. The van der Waals surface area contributed by atoms with E-state index < -0.39 is 0 Å². The zero-order valence-electron chi connectivity index (χ0n) is 11.2. The summed E-state index contributed by atoms with van der Waals surface area (Å²) in [6.45, 7) is 0. The van der Waals surface area contributed by atoms with Crippen molar-refractivity contribution >= 4 is 28.1 Å². The largest absolute Gasteiger partial charge is 0.508 e. The van der Waals surface area contributed by atoms with Gasteiger partial charge in [-0.15, -0.1) is 0 Å². The molecule has 0 saturated heterocycles. The first kappa shape index (κ1) is 15.1. The summed E-state index contributed by atoms with van der Waals surface area (Å²) >= 11 is 3.30. The van der Waals surface area contributed by atoms with Crippen LogP contribution in [0.1, 0.15) is 15.9 Å². The highest BCUT2D eigenvalue weighted by Gasteiger charge is 2.11. The molecule has 1 amide bonds. The lowest BCUT2D eigenvalue weighted by Gasteiger charge is -2.07. The number of benzene rings is 2. The fourth-order valence-electron chi connectivity index (χ4n) is 1.69. The molecule has 2 aromatic rings. The number of carbonyl (C=O) groups is 1. The Balaban J connectivity index is 2.10. The second-order valence-corrected chi connectivity index (χ2v) is 5.05. The van der Waals surface area contributed by atoms with E-state index in [1.165, 1.54) is 19.4 Å². The molecule has 0 aliphatic carbocycles. The summed E-state index contributed by atoms with van der Waals surface area (Å²) < 4.78 is 5.90. The molecule has 2 N–H and O–H groups in total. The van der Waals surface area contributed by atoms with Crippen LogP contribution in [-0.2, 0) is 0 Å². The van der Waals surface area contributed by atoms with Gasteiger partial charge in [0.1, 0.15) is 11.5 Å². The summed E-state index contributed by atoms with van der Waals surface area (Å²) in [4.78, 5) is 12.1. The monoisotopic (exact) mass is 348 g/mol. The lowest BCUT2D eigenvalue weighted by atomic mass is 10.2. The quantitative estimate of drug-likeness (QED) is 0.659. The van der Waals surface area contributed by atoms with Gasteiger partial charge in [0.05, 0.1) is 18.9 Å². The number of ether oxygens (including phenoxy) is 1. The van der Waals surface area contributed by atoms with Gasteiger partial charge in [-0.3, -0.25) is 4.79 Å². The maximum Gasteiger partial charge on any atom is 0.275 e. The molecule has 0 heterocycles. The summed E-state index contributed by atoms with van der Waals surface area (Å²) in [5.41, 5.74) is 3.47. The van der Waals surface area contributed by atoms with E-state index in [0.29, 0.717) is 16.9 Å². The van der Waals surface area contributed by atoms with E-state index >= 15 is 0 Å². The van der Waals surface area contributed by atoms with Crippen molar-refractivity contribution in [3.05, 3.63) is 58.1 Å².